The summed E-state index contributed by atoms with van der Waals surface area (Å²) in [6.07, 6.45) is 1.80. The first-order valence-electron chi connectivity index (χ1n) is 11.5. The second-order valence-corrected chi connectivity index (χ2v) is 8.58. The Balaban J connectivity index is 1.58. The smallest absolute Gasteiger partial charge is 0.407 e. The molecule has 33 heavy (non-hydrogen) atoms. The van der Waals surface area contributed by atoms with Crippen molar-refractivity contribution >= 4 is 18.0 Å². The number of nitrogens with one attached hydrogen (secondary N) is 2. The number of fused-ring (bicyclic) bond motifs is 3. The van der Waals surface area contributed by atoms with Crippen LogP contribution in [0.3, 0.4) is 0 Å². The average molecular weight is 453 g/mol. The number of carboxylic acid groups (broad SMARTS) is 1. The van der Waals surface area contributed by atoms with E-state index in [2.05, 4.69) is 34.9 Å². The highest BCUT2D eigenvalue weighted by Gasteiger charge is 2.29. The Morgan fingerprint density at radius 1 is 0.970 bits per heavy atom. The summed E-state index contributed by atoms with van der Waals surface area (Å²) in [6.45, 7) is 3.90. The number of ether oxygens (including phenoxy) is 1. The van der Waals surface area contributed by atoms with Crippen LogP contribution in [0.2, 0.25) is 0 Å². The lowest BCUT2D eigenvalue weighted by atomic mass is 9.98. The molecule has 2 atom stereocenters. The maximum atomic E-state index is 12.6. The molecule has 0 saturated carbocycles. The number of alkyl carbamates (subject to hydrolysis) is 1. The van der Waals surface area contributed by atoms with E-state index in [1.807, 2.05) is 31.2 Å². The van der Waals surface area contributed by atoms with Crippen LogP contribution in [-0.2, 0) is 14.3 Å². The maximum absolute atomic E-state index is 12.6. The second-order valence-electron chi connectivity index (χ2n) is 8.58. The van der Waals surface area contributed by atoms with Crippen LogP contribution in [0, 0.1) is 0 Å². The molecule has 0 aliphatic heterocycles. The van der Waals surface area contributed by atoms with Crippen LogP contribution in [-0.4, -0.2) is 41.8 Å². The standard InChI is InChI=1S/C26H32N2O5/c1-3-4-9-18(15-24(29)27-17(2)14-25(30)31)28-26(32)33-16-23-21-12-7-5-10-19(21)20-11-6-8-13-22(20)23/h5-8,10-13,17-18,23H,3-4,9,14-16H2,1-2H3,(H,27,29)(H,28,32)(H,30,31)/t17-,18-/m1/s1. The van der Waals surface area contributed by atoms with Crippen molar-refractivity contribution in [2.75, 3.05) is 6.61 Å². The van der Waals surface area contributed by atoms with Gasteiger partial charge in [-0.15, -0.1) is 0 Å². The molecule has 0 saturated heterocycles. The summed E-state index contributed by atoms with van der Waals surface area (Å²) < 4.78 is 5.61. The van der Waals surface area contributed by atoms with E-state index in [-0.39, 0.29) is 37.3 Å². The van der Waals surface area contributed by atoms with E-state index >= 15 is 0 Å². The summed E-state index contributed by atoms with van der Waals surface area (Å²) in [5, 5.41) is 14.4. The molecule has 2 aromatic carbocycles. The molecule has 0 radical (unpaired) electrons. The largest absolute Gasteiger partial charge is 0.481 e. The van der Waals surface area contributed by atoms with Crippen LogP contribution in [0.4, 0.5) is 4.79 Å². The van der Waals surface area contributed by atoms with E-state index in [0.717, 1.165) is 35.1 Å². The topological polar surface area (TPSA) is 105 Å². The maximum Gasteiger partial charge on any atom is 0.407 e. The van der Waals surface area contributed by atoms with Crippen LogP contribution in [0.15, 0.2) is 48.5 Å². The molecule has 1 aliphatic carbocycles. The third-order valence-corrected chi connectivity index (χ3v) is 5.89. The highest BCUT2D eigenvalue weighted by atomic mass is 16.5. The molecule has 3 rings (SSSR count). The highest BCUT2D eigenvalue weighted by molar-refractivity contribution is 5.80. The van der Waals surface area contributed by atoms with Crippen molar-refractivity contribution in [3.8, 4) is 11.1 Å². The summed E-state index contributed by atoms with van der Waals surface area (Å²) in [7, 11) is 0. The minimum atomic E-state index is -0.970. The minimum absolute atomic E-state index is 0.0302. The first-order chi connectivity index (χ1) is 15.9. The fourth-order valence-corrected chi connectivity index (χ4v) is 4.35. The molecule has 2 amide bonds. The Morgan fingerprint density at radius 2 is 1.58 bits per heavy atom. The molecule has 2 aromatic rings. The Kier molecular flexibility index (Phi) is 8.46. The second kappa shape index (κ2) is 11.5. The Bertz CT molecular complexity index is 945. The van der Waals surface area contributed by atoms with Gasteiger partial charge >= 0.3 is 12.1 Å². The number of hydrogen-bond donors (Lipinski definition) is 3. The number of carboxylic acids is 1. The number of unbranched alkanes of at least 4 members (excludes halogenated alkanes) is 1. The normalized spacial score (nSPS) is 14.0. The van der Waals surface area contributed by atoms with Gasteiger partial charge in [0.25, 0.3) is 0 Å². The van der Waals surface area contributed by atoms with Crippen LogP contribution in [0.1, 0.15) is 63.0 Å². The average Bonchev–Trinajstić information content (AvgIpc) is 3.09. The number of benzene rings is 2. The Morgan fingerprint density at radius 3 is 2.15 bits per heavy atom. The van der Waals surface area contributed by atoms with E-state index in [4.69, 9.17) is 9.84 Å². The van der Waals surface area contributed by atoms with Gasteiger partial charge in [0.1, 0.15) is 6.61 Å². The van der Waals surface area contributed by atoms with Gasteiger partial charge in [0.15, 0.2) is 0 Å². The van der Waals surface area contributed by atoms with Gasteiger partial charge in [0, 0.05) is 24.4 Å². The van der Waals surface area contributed by atoms with Gasteiger partial charge in [0.2, 0.25) is 5.91 Å². The molecule has 0 fully saturated rings. The molecule has 176 valence electrons. The van der Waals surface area contributed by atoms with Gasteiger partial charge in [-0.25, -0.2) is 4.79 Å². The highest BCUT2D eigenvalue weighted by Crippen LogP contribution is 2.44. The van der Waals surface area contributed by atoms with E-state index in [1.54, 1.807) is 6.92 Å². The van der Waals surface area contributed by atoms with Crippen molar-refractivity contribution < 1.29 is 24.2 Å². The molecule has 7 heteroatoms. The third kappa shape index (κ3) is 6.57. The monoisotopic (exact) mass is 452 g/mol. The Hall–Kier alpha value is -3.35. The molecule has 1 aliphatic rings. The van der Waals surface area contributed by atoms with Crippen molar-refractivity contribution in [2.45, 2.75) is 64.0 Å². The molecule has 0 unspecified atom stereocenters. The fraction of sp³-hybridized carbons (Fsp3) is 0.423. The molecule has 0 bridgehead atoms. The zero-order valence-corrected chi connectivity index (χ0v) is 19.2. The number of hydrogen-bond acceptors (Lipinski definition) is 4. The molecule has 0 aromatic heterocycles. The van der Waals surface area contributed by atoms with E-state index in [9.17, 15) is 14.4 Å². The summed E-state index contributed by atoms with van der Waals surface area (Å²) in [6, 6.07) is 15.4. The van der Waals surface area contributed by atoms with Gasteiger partial charge in [-0.3, -0.25) is 9.59 Å². The molecule has 3 N–H and O–H groups in total. The van der Waals surface area contributed by atoms with Crippen molar-refractivity contribution in [3.05, 3.63) is 59.7 Å². The van der Waals surface area contributed by atoms with Gasteiger partial charge in [-0.05, 0) is 35.6 Å². The SMILES string of the molecule is CCCC[C@H](CC(=O)N[C@H](C)CC(=O)O)NC(=O)OCC1c2ccccc2-c2ccccc21. The molecule has 0 heterocycles. The van der Waals surface area contributed by atoms with E-state index < -0.39 is 18.1 Å². The van der Waals surface area contributed by atoms with Crippen molar-refractivity contribution in [1.29, 1.82) is 0 Å². The third-order valence-electron chi connectivity index (χ3n) is 5.89. The molecular weight excluding hydrogens is 420 g/mol. The Labute approximate surface area is 194 Å². The zero-order chi connectivity index (χ0) is 23.8. The fourth-order valence-electron chi connectivity index (χ4n) is 4.35. The predicted octanol–water partition coefficient (Wildman–Crippen LogP) is 4.45. The van der Waals surface area contributed by atoms with Gasteiger partial charge < -0.3 is 20.5 Å². The molecule has 7 nitrogen and oxygen atoms in total. The number of aliphatic carboxylic acids is 1. The molecule has 0 spiro atoms. The first kappa shape index (κ1) is 24.3. The number of carbonyl (C=O) groups excluding carboxylic acids is 2. The zero-order valence-electron chi connectivity index (χ0n) is 19.2. The van der Waals surface area contributed by atoms with Crippen molar-refractivity contribution in [2.24, 2.45) is 0 Å². The summed E-state index contributed by atoms with van der Waals surface area (Å²) in [4.78, 5) is 35.7. The first-order valence-corrected chi connectivity index (χ1v) is 11.5. The lowest BCUT2D eigenvalue weighted by molar-refractivity contribution is -0.137. The van der Waals surface area contributed by atoms with Crippen LogP contribution >= 0.6 is 0 Å². The van der Waals surface area contributed by atoms with Crippen LogP contribution in [0.5, 0.6) is 0 Å². The summed E-state index contributed by atoms with van der Waals surface area (Å²) >= 11 is 0. The lowest BCUT2D eigenvalue weighted by Gasteiger charge is -2.20. The predicted molar refractivity (Wildman–Crippen MR) is 126 cm³/mol. The van der Waals surface area contributed by atoms with Crippen LogP contribution < -0.4 is 10.6 Å². The van der Waals surface area contributed by atoms with Crippen molar-refractivity contribution in [1.82, 2.24) is 10.6 Å². The van der Waals surface area contributed by atoms with Crippen LogP contribution in [0.25, 0.3) is 11.1 Å². The van der Waals surface area contributed by atoms with E-state index in [0.29, 0.717) is 6.42 Å². The van der Waals surface area contributed by atoms with Gasteiger partial charge in [-0.2, -0.15) is 0 Å². The van der Waals surface area contributed by atoms with E-state index in [1.165, 1.54) is 0 Å². The summed E-state index contributed by atoms with van der Waals surface area (Å²) in [5.74, 6) is -1.29. The molecular formula is C26H32N2O5. The number of carbonyl (C=O) groups is 3. The van der Waals surface area contributed by atoms with Gasteiger partial charge in [-0.1, -0.05) is 68.3 Å². The lowest BCUT2D eigenvalue weighted by Crippen LogP contribution is -2.42. The minimum Gasteiger partial charge on any atom is -0.481 e. The quantitative estimate of drug-likeness (QED) is 0.467. The number of amides is 2. The van der Waals surface area contributed by atoms with Crippen molar-refractivity contribution in [3.63, 3.8) is 0 Å². The number of rotatable bonds is 11. The van der Waals surface area contributed by atoms with Gasteiger partial charge in [0.05, 0.1) is 6.42 Å². The summed E-state index contributed by atoms with van der Waals surface area (Å²) in [5.41, 5.74) is 4.60.